The van der Waals surface area contributed by atoms with Gasteiger partial charge in [0, 0.05) is 11.4 Å². The van der Waals surface area contributed by atoms with Crippen molar-refractivity contribution in [3.63, 3.8) is 0 Å². The van der Waals surface area contributed by atoms with E-state index in [1.54, 1.807) is 19.1 Å². The third-order valence-electron chi connectivity index (χ3n) is 3.74. The van der Waals surface area contributed by atoms with Crippen molar-refractivity contribution in [3.8, 4) is 0 Å². The fourth-order valence-electron chi connectivity index (χ4n) is 2.23. The van der Waals surface area contributed by atoms with Gasteiger partial charge in [-0.3, -0.25) is 14.9 Å². The number of benzene rings is 1. The second-order valence-corrected chi connectivity index (χ2v) is 7.91. The third-order valence-corrected chi connectivity index (χ3v) is 4.92. The Bertz CT molecular complexity index is 751. The zero-order valence-electron chi connectivity index (χ0n) is 15.5. The highest BCUT2D eigenvalue weighted by Crippen LogP contribution is 2.35. The van der Waals surface area contributed by atoms with Gasteiger partial charge in [-0.25, -0.2) is 9.59 Å². The number of hydrogen-bond donors (Lipinski definition) is 3. The molecule has 0 aliphatic carbocycles. The van der Waals surface area contributed by atoms with Gasteiger partial charge in [-0.15, -0.1) is 11.8 Å². The number of ether oxygens (including phenoxy) is 1. The molecule has 1 unspecified atom stereocenters. The Morgan fingerprint density at radius 1 is 1.30 bits per heavy atom. The lowest BCUT2D eigenvalue weighted by Gasteiger charge is -2.21. The summed E-state index contributed by atoms with van der Waals surface area (Å²) in [6.45, 7) is 5.72. The highest BCUT2D eigenvalue weighted by Gasteiger charge is 2.24. The Hall–Kier alpha value is -2.55. The molecule has 1 aliphatic heterocycles. The van der Waals surface area contributed by atoms with Crippen LogP contribution in [0.5, 0.6) is 0 Å². The molecule has 1 heterocycles. The zero-order valence-corrected chi connectivity index (χ0v) is 16.3. The summed E-state index contributed by atoms with van der Waals surface area (Å²) in [7, 11) is 0. The van der Waals surface area contributed by atoms with E-state index < -0.39 is 24.5 Å². The van der Waals surface area contributed by atoms with E-state index in [0.717, 1.165) is 11.3 Å². The van der Waals surface area contributed by atoms with Gasteiger partial charge in [0.2, 0.25) is 5.91 Å². The van der Waals surface area contributed by atoms with E-state index in [2.05, 4.69) is 16.0 Å². The van der Waals surface area contributed by atoms with Crippen molar-refractivity contribution in [3.05, 3.63) is 23.8 Å². The molecular weight excluding hydrogens is 370 g/mol. The first-order valence-electron chi connectivity index (χ1n) is 8.62. The van der Waals surface area contributed by atoms with Gasteiger partial charge in [0.15, 0.2) is 6.61 Å². The van der Waals surface area contributed by atoms with E-state index >= 15 is 0 Å². The van der Waals surface area contributed by atoms with Crippen molar-refractivity contribution in [1.82, 2.24) is 10.6 Å². The van der Waals surface area contributed by atoms with Gasteiger partial charge in [-0.2, -0.15) is 0 Å². The lowest BCUT2D eigenvalue weighted by atomic mass is 10.1. The Kier molecular flexibility index (Phi) is 7.23. The summed E-state index contributed by atoms with van der Waals surface area (Å²) >= 11 is 1.40. The van der Waals surface area contributed by atoms with Crippen LogP contribution in [0.25, 0.3) is 0 Å². The normalized spacial score (nSPS) is 15.6. The predicted octanol–water partition coefficient (Wildman–Crippen LogP) is 2.15. The minimum atomic E-state index is -0.721. The summed E-state index contributed by atoms with van der Waals surface area (Å²) in [6, 6.07) is 4.16. The molecule has 0 saturated carbocycles. The minimum Gasteiger partial charge on any atom is -0.452 e. The fourth-order valence-corrected chi connectivity index (χ4v) is 3.16. The average Bonchev–Trinajstić information content (AvgIpc) is 2.60. The van der Waals surface area contributed by atoms with Gasteiger partial charge in [0.05, 0.1) is 16.5 Å². The molecule has 4 amide bonds. The Morgan fingerprint density at radius 3 is 2.74 bits per heavy atom. The Balaban J connectivity index is 1.82. The maximum Gasteiger partial charge on any atom is 0.338 e. The summed E-state index contributed by atoms with van der Waals surface area (Å²) in [5.74, 6) is -1.14. The molecule has 146 valence electrons. The van der Waals surface area contributed by atoms with E-state index in [4.69, 9.17) is 4.74 Å². The van der Waals surface area contributed by atoms with Crippen LogP contribution < -0.4 is 16.0 Å². The number of anilines is 1. The van der Waals surface area contributed by atoms with Gasteiger partial charge < -0.3 is 15.4 Å². The van der Waals surface area contributed by atoms with E-state index in [0.29, 0.717) is 18.2 Å². The SMILES string of the molecule is CC(C)CCNC(=O)NC(=O)COC(=O)c1ccc2c(c1)NC(=O)C(C)S2. The number of nitrogens with one attached hydrogen (secondary N) is 3. The first-order chi connectivity index (χ1) is 12.8. The summed E-state index contributed by atoms with van der Waals surface area (Å²) in [5, 5.41) is 7.17. The van der Waals surface area contributed by atoms with Crippen molar-refractivity contribution in [1.29, 1.82) is 0 Å². The molecule has 8 nitrogen and oxygen atoms in total. The zero-order chi connectivity index (χ0) is 20.0. The lowest BCUT2D eigenvalue weighted by Crippen LogP contribution is -2.42. The number of thioether (sulfide) groups is 1. The lowest BCUT2D eigenvalue weighted by molar-refractivity contribution is -0.123. The molecule has 2 rings (SSSR count). The third kappa shape index (κ3) is 6.28. The van der Waals surface area contributed by atoms with Crippen LogP contribution >= 0.6 is 11.8 Å². The summed E-state index contributed by atoms with van der Waals surface area (Å²) in [5.41, 5.74) is 0.741. The second kappa shape index (κ2) is 9.40. The second-order valence-electron chi connectivity index (χ2n) is 6.52. The van der Waals surface area contributed by atoms with Crippen LogP contribution in [0.3, 0.4) is 0 Å². The summed E-state index contributed by atoms with van der Waals surface area (Å²) in [6.07, 6.45) is 0.794. The highest BCUT2D eigenvalue weighted by atomic mass is 32.2. The standard InChI is InChI=1S/C18H23N3O5S/c1-10(2)6-7-19-18(25)21-15(22)9-26-17(24)12-4-5-14-13(8-12)20-16(23)11(3)27-14/h4-5,8,10-11H,6-7,9H2,1-3H3,(H,20,23)(H2,19,21,22,25). The average molecular weight is 393 g/mol. The van der Waals surface area contributed by atoms with Crippen molar-refractivity contribution in [2.45, 2.75) is 37.3 Å². The molecule has 1 atom stereocenters. The Labute approximate surface area is 161 Å². The minimum absolute atomic E-state index is 0.138. The molecule has 0 radical (unpaired) electrons. The number of hydrogen-bond acceptors (Lipinski definition) is 6. The number of esters is 1. The molecule has 9 heteroatoms. The molecule has 1 aromatic carbocycles. The molecule has 0 saturated heterocycles. The number of fused-ring (bicyclic) bond motifs is 1. The van der Waals surface area contributed by atoms with Gasteiger partial charge >= 0.3 is 12.0 Å². The van der Waals surface area contributed by atoms with Crippen LogP contribution in [-0.2, 0) is 14.3 Å². The molecule has 0 spiro atoms. The van der Waals surface area contributed by atoms with Gasteiger partial charge in [0.1, 0.15) is 0 Å². The number of carbonyl (C=O) groups is 4. The molecule has 27 heavy (non-hydrogen) atoms. The van der Waals surface area contributed by atoms with E-state index in [1.165, 1.54) is 17.8 Å². The molecule has 0 aromatic heterocycles. The summed E-state index contributed by atoms with van der Waals surface area (Å²) in [4.78, 5) is 47.9. The van der Waals surface area contributed by atoms with Gasteiger partial charge in [0.25, 0.3) is 5.91 Å². The molecule has 1 aromatic rings. The maximum absolute atomic E-state index is 12.1. The quantitative estimate of drug-likeness (QED) is 0.638. The van der Waals surface area contributed by atoms with Crippen molar-refractivity contribution in [2.24, 2.45) is 5.92 Å². The molecule has 3 N–H and O–H groups in total. The van der Waals surface area contributed by atoms with Crippen LogP contribution in [0.15, 0.2) is 23.1 Å². The van der Waals surface area contributed by atoms with Crippen LogP contribution in [0.1, 0.15) is 37.6 Å². The highest BCUT2D eigenvalue weighted by molar-refractivity contribution is 8.00. The molecule has 1 aliphatic rings. The van der Waals surface area contributed by atoms with Crippen LogP contribution in [0, 0.1) is 5.92 Å². The van der Waals surface area contributed by atoms with Crippen molar-refractivity contribution < 1.29 is 23.9 Å². The van der Waals surface area contributed by atoms with Crippen LogP contribution in [0.2, 0.25) is 0 Å². The fraction of sp³-hybridized carbons (Fsp3) is 0.444. The van der Waals surface area contributed by atoms with E-state index in [9.17, 15) is 19.2 Å². The largest absolute Gasteiger partial charge is 0.452 e. The first-order valence-corrected chi connectivity index (χ1v) is 9.50. The first kappa shape index (κ1) is 20.8. The molecule has 0 fully saturated rings. The van der Waals surface area contributed by atoms with E-state index in [-0.39, 0.29) is 16.7 Å². The van der Waals surface area contributed by atoms with Crippen LogP contribution in [-0.4, -0.2) is 42.2 Å². The molecule has 0 bridgehead atoms. The Morgan fingerprint density at radius 2 is 2.04 bits per heavy atom. The number of rotatable bonds is 6. The topological polar surface area (TPSA) is 114 Å². The van der Waals surface area contributed by atoms with Gasteiger partial charge in [-0.1, -0.05) is 13.8 Å². The van der Waals surface area contributed by atoms with Crippen molar-refractivity contribution in [2.75, 3.05) is 18.5 Å². The van der Waals surface area contributed by atoms with Crippen LogP contribution in [0.4, 0.5) is 10.5 Å². The van der Waals surface area contributed by atoms with E-state index in [1.807, 2.05) is 13.8 Å². The van der Waals surface area contributed by atoms with Gasteiger partial charge in [-0.05, 0) is 37.5 Å². The summed E-state index contributed by atoms with van der Waals surface area (Å²) < 4.78 is 4.92. The number of imide groups is 1. The smallest absolute Gasteiger partial charge is 0.338 e. The number of carbonyl (C=O) groups excluding carboxylic acids is 4. The predicted molar refractivity (Wildman–Crippen MR) is 102 cm³/mol. The number of amides is 4. The maximum atomic E-state index is 12.1. The monoisotopic (exact) mass is 393 g/mol. The number of urea groups is 1. The molecular formula is C18H23N3O5S. The van der Waals surface area contributed by atoms with Crippen molar-refractivity contribution >= 4 is 41.3 Å².